The van der Waals surface area contributed by atoms with Gasteiger partial charge in [0, 0.05) is 104 Å². The van der Waals surface area contributed by atoms with E-state index in [0.717, 1.165) is 55.0 Å². The van der Waals surface area contributed by atoms with Crippen LogP contribution in [-0.4, -0.2) is 81.3 Å². The number of benzene rings is 4. The van der Waals surface area contributed by atoms with Crippen molar-refractivity contribution in [3.05, 3.63) is 142 Å². The van der Waals surface area contributed by atoms with Gasteiger partial charge in [0.2, 0.25) is 0 Å². The third kappa shape index (κ3) is 27.3. The number of alkyl halides is 2. The lowest BCUT2D eigenvalue weighted by molar-refractivity contribution is -0.903. The monoisotopic (exact) mass is 1160 g/mol. The summed E-state index contributed by atoms with van der Waals surface area (Å²) < 4.78 is 1.87. The Morgan fingerprint density at radius 3 is 1.20 bits per heavy atom. The minimum atomic E-state index is 0. The van der Waals surface area contributed by atoms with E-state index in [4.69, 9.17) is 6.42 Å². The zero-order chi connectivity index (χ0) is 47.2. The van der Waals surface area contributed by atoms with E-state index in [2.05, 4.69) is 152 Å². The first-order valence-corrected chi connectivity index (χ1v) is 24.2. The van der Waals surface area contributed by atoms with Crippen molar-refractivity contribution in [2.24, 2.45) is 0 Å². The second kappa shape index (κ2) is 34.9. The number of carbonyl (C=O) groups excluding carboxylic acids is 2. The Kier molecular flexibility index (Phi) is 32.6. The number of rotatable bonds is 19. The van der Waals surface area contributed by atoms with Crippen LogP contribution < -0.4 is 34.0 Å². The largest absolute Gasteiger partial charge is 1.00 e. The summed E-state index contributed by atoms with van der Waals surface area (Å²) in [6.07, 6.45) is 15.8. The molecule has 4 aromatic rings. The Balaban J connectivity index is -0.0000000833. The molecular weight excluding hydrogens is 1080 g/mol. The minimum Gasteiger partial charge on any atom is -1.00 e. The highest BCUT2D eigenvalue weighted by Gasteiger charge is 2.17. The van der Waals surface area contributed by atoms with Crippen LogP contribution in [0.4, 0.5) is 0 Å². The lowest BCUT2D eigenvalue weighted by Gasteiger charge is -2.30. The molecule has 5 nitrogen and oxygen atoms in total. The van der Waals surface area contributed by atoms with Gasteiger partial charge in [-0.2, -0.15) is 0 Å². The summed E-state index contributed by atoms with van der Waals surface area (Å²) >= 11 is 6.78. The van der Waals surface area contributed by atoms with Crippen LogP contribution >= 0.6 is 31.9 Å². The SMILES string of the molecule is C#CC#CC#CC#CC#CN(C)C.CCCCCCCCCC[N+](C)(C)Cc1ccc(C(=O)c2ccc(C[N+](C)(C)C)cc2)cc1.O=C(c1ccc(CBr)cc1)c1ccc(CBr)cc1.[Br-].[Br-].[HH].[HH].[HH].[HH].[HH].[HH].[HH].[HH].[HH].[HH].[HH]. The van der Waals surface area contributed by atoms with Gasteiger partial charge < -0.3 is 47.8 Å². The quantitative estimate of drug-likeness (QED) is 0.0237. The maximum absolute atomic E-state index is 12.9. The van der Waals surface area contributed by atoms with Crippen molar-refractivity contribution >= 4 is 43.4 Å². The van der Waals surface area contributed by atoms with Crippen LogP contribution in [0.3, 0.4) is 0 Å². The normalized spacial score (nSPS) is 9.83. The second-order valence-electron chi connectivity index (χ2n) is 17.5. The summed E-state index contributed by atoms with van der Waals surface area (Å²) in [6, 6.07) is 34.4. The number of carbonyl (C=O) groups is 2. The molecular formula is C57H89Br4N3O2. The fraction of sp³-hybridized carbons (Fsp3) is 0.368. The Bertz CT molecular complexity index is 2330. The summed E-state index contributed by atoms with van der Waals surface area (Å²) in [5.74, 6) is 19.7. The van der Waals surface area contributed by atoms with Crippen LogP contribution in [0, 0.1) is 59.8 Å². The van der Waals surface area contributed by atoms with Crippen molar-refractivity contribution in [3.8, 4) is 59.8 Å². The summed E-state index contributed by atoms with van der Waals surface area (Å²) in [7, 11) is 14.8. The van der Waals surface area contributed by atoms with Crippen molar-refractivity contribution in [3.63, 3.8) is 0 Å². The molecule has 0 unspecified atom stereocenters. The Morgan fingerprint density at radius 1 is 0.515 bits per heavy atom. The zero-order valence-electron chi connectivity index (χ0n) is 40.2. The van der Waals surface area contributed by atoms with Gasteiger partial charge in [0.15, 0.2) is 11.6 Å². The Labute approximate surface area is 453 Å². The molecule has 0 amide bonds. The first-order chi connectivity index (χ1) is 30.6. The van der Waals surface area contributed by atoms with E-state index in [1.807, 2.05) is 86.9 Å². The highest BCUT2D eigenvalue weighted by molar-refractivity contribution is 9.08. The second-order valence-corrected chi connectivity index (χ2v) is 18.6. The van der Waals surface area contributed by atoms with E-state index in [-0.39, 0.29) is 61.2 Å². The highest BCUT2D eigenvalue weighted by Crippen LogP contribution is 2.18. The van der Waals surface area contributed by atoms with Gasteiger partial charge in [-0.3, -0.25) is 9.59 Å². The molecule has 0 bridgehead atoms. The van der Waals surface area contributed by atoms with Crippen molar-refractivity contribution in [1.29, 1.82) is 0 Å². The van der Waals surface area contributed by atoms with E-state index in [0.29, 0.717) is 0 Å². The van der Waals surface area contributed by atoms with Crippen molar-refractivity contribution < 1.29 is 68.2 Å². The Morgan fingerprint density at radius 2 is 0.848 bits per heavy atom. The average Bonchev–Trinajstić information content (AvgIpc) is 3.28. The molecule has 0 saturated heterocycles. The predicted octanol–water partition coefficient (Wildman–Crippen LogP) is 8.41. The van der Waals surface area contributed by atoms with E-state index < -0.39 is 0 Å². The summed E-state index contributed by atoms with van der Waals surface area (Å²) in [5, 5.41) is 1.61. The summed E-state index contributed by atoms with van der Waals surface area (Å²) in [6.45, 7) is 5.44. The molecule has 0 saturated carbocycles. The molecule has 9 heteroatoms. The van der Waals surface area contributed by atoms with Gasteiger partial charge in [-0.1, -0.05) is 174 Å². The minimum absolute atomic E-state index is 0. The smallest absolute Gasteiger partial charge is 0.193 e. The highest BCUT2D eigenvalue weighted by atomic mass is 79.9. The van der Waals surface area contributed by atoms with Crippen LogP contribution in [0.15, 0.2) is 97.1 Å². The zero-order valence-corrected chi connectivity index (χ0v) is 46.5. The van der Waals surface area contributed by atoms with Gasteiger partial charge in [-0.15, -0.1) is 6.42 Å². The molecule has 4 aromatic carbocycles. The van der Waals surface area contributed by atoms with Gasteiger partial charge >= 0.3 is 0 Å². The van der Waals surface area contributed by atoms with Crippen LogP contribution in [0.5, 0.6) is 0 Å². The van der Waals surface area contributed by atoms with E-state index in [9.17, 15) is 9.59 Å². The molecule has 0 fully saturated rings. The molecule has 0 spiro atoms. The molecule has 0 aliphatic rings. The lowest BCUT2D eigenvalue weighted by atomic mass is 10.0. The molecule has 0 atom stereocenters. The molecule has 0 aliphatic carbocycles. The fourth-order valence-corrected chi connectivity index (χ4v) is 7.22. The number of hydrogen-bond donors (Lipinski definition) is 0. The number of ketones is 2. The molecule has 0 radical (unpaired) electrons. The Hall–Kier alpha value is -4.34. The van der Waals surface area contributed by atoms with Gasteiger partial charge in [0.1, 0.15) is 13.1 Å². The summed E-state index contributed by atoms with van der Waals surface area (Å²) in [4.78, 5) is 26.8. The first-order valence-electron chi connectivity index (χ1n) is 21.9. The molecule has 372 valence electrons. The number of hydrogen-bond acceptors (Lipinski definition) is 3. The molecule has 0 aromatic heterocycles. The van der Waals surface area contributed by atoms with Crippen molar-refractivity contribution in [2.45, 2.75) is 82.0 Å². The van der Waals surface area contributed by atoms with Crippen LogP contribution in [0.1, 0.15) is 128 Å². The number of nitrogens with zero attached hydrogens (tertiary/aromatic N) is 3. The third-order valence-corrected chi connectivity index (χ3v) is 11.1. The predicted molar refractivity (Wildman–Crippen MR) is 300 cm³/mol. The van der Waals surface area contributed by atoms with Crippen LogP contribution in [0.25, 0.3) is 0 Å². The third-order valence-electron chi connectivity index (χ3n) is 9.78. The van der Waals surface area contributed by atoms with Gasteiger partial charge in [-0.25, -0.2) is 0 Å². The van der Waals surface area contributed by atoms with E-state index >= 15 is 0 Å². The van der Waals surface area contributed by atoms with Crippen molar-refractivity contribution in [2.75, 3.05) is 55.9 Å². The number of halogens is 4. The summed E-state index contributed by atoms with van der Waals surface area (Å²) in [5.41, 5.74) is 7.88. The van der Waals surface area contributed by atoms with Gasteiger partial charge in [0.25, 0.3) is 0 Å². The lowest BCUT2D eigenvalue weighted by Crippen LogP contribution is -3.00. The standard InChI is InChI=1S/C30H48N2O.C15H12Br2O.C12H7N.2BrH.11H2/c1-7-8-9-10-11-12-13-14-23-32(5,6)25-27-17-21-29(22-18-27)30(33)28-19-15-26(16-20-28)24-31(2,3)4;16-9-11-1-5-13(6-2-11)15(18)14-7-3-12(10-17)4-8-14;1-4-5-6-7-8-9-10-11-12-13(2)3;;;;;;;;;;;;;/h15-22H,7-14,23-25H2,1-6H3;1-8H,9-10H2;1H,2-3H3;13*1H/q+2;;;;;;;;;;;;;;;/p-2. The average molecular weight is 1170 g/mol. The van der Waals surface area contributed by atoms with Gasteiger partial charge in [-0.05, 0) is 47.7 Å². The maximum atomic E-state index is 12.9. The molecule has 0 aliphatic heterocycles. The topological polar surface area (TPSA) is 37.4 Å². The first kappa shape index (κ1) is 61.7. The van der Waals surface area contributed by atoms with E-state index in [1.54, 1.807) is 4.90 Å². The maximum Gasteiger partial charge on any atom is 0.193 e. The molecule has 66 heavy (non-hydrogen) atoms. The van der Waals surface area contributed by atoms with Gasteiger partial charge in [0.05, 0.1) is 41.8 Å². The van der Waals surface area contributed by atoms with Crippen LogP contribution in [0.2, 0.25) is 0 Å². The molecule has 0 heterocycles. The van der Waals surface area contributed by atoms with E-state index in [1.165, 1.54) is 80.2 Å². The van der Waals surface area contributed by atoms with Crippen LogP contribution in [-0.2, 0) is 23.7 Å². The number of terminal acetylenes is 1. The number of quaternary nitrogens is 2. The van der Waals surface area contributed by atoms with Crippen molar-refractivity contribution in [1.82, 2.24) is 4.90 Å². The molecule has 0 N–H and O–H groups in total. The fourth-order valence-electron chi connectivity index (χ4n) is 6.47. The number of unbranched alkanes of at least 4 members (excludes halogenated alkanes) is 7. The molecule has 4 rings (SSSR count).